The second-order valence-corrected chi connectivity index (χ2v) is 13.1. The number of unbranched alkanes of at least 4 members (excludes halogenated alkanes) is 1. The predicted octanol–water partition coefficient (Wildman–Crippen LogP) is 7.47. The van der Waals surface area contributed by atoms with Gasteiger partial charge < -0.3 is 24.8 Å². The molecule has 0 aliphatic heterocycles. The summed E-state index contributed by atoms with van der Waals surface area (Å²) in [7, 11) is 0. The lowest BCUT2D eigenvalue weighted by molar-refractivity contribution is -0.137. The molecule has 0 aromatic heterocycles. The maximum Gasteiger partial charge on any atom is 0.407 e. The van der Waals surface area contributed by atoms with Crippen LogP contribution in [0, 0.1) is 5.41 Å². The minimum Gasteiger partial charge on any atom is -0.494 e. The first kappa shape index (κ1) is 32.6. The molecule has 0 heterocycles. The number of hydrogen-bond donors (Lipinski definition) is 2. The fourth-order valence-electron chi connectivity index (χ4n) is 5.02. The van der Waals surface area contributed by atoms with Gasteiger partial charge in [0, 0.05) is 23.5 Å². The predicted molar refractivity (Wildman–Crippen MR) is 173 cm³/mol. The number of nitrogens with one attached hydrogen (secondary N) is 2. The number of benzene rings is 3. The van der Waals surface area contributed by atoms with Gasteiger partial charge in [0.1, 0.15) is 12.4 Å². The molecule has 1 aliphatic rings. The van der Waals surface area contributed by atoms with Crippen molar-refractivity contribution in [2.45, 2.75) is 58.5 Å². The summed E-state index contributed by atoms with van der Waals surface area (Å²) in [6, 6.07) is 24.3. The Morgan fingerprint density at radius 3 is 2.09 bits per heavy atom. The van der Waals surface area contributed by atoms with Crippen LogP contribution in [0.4, 0.5) is 4.79 Å². The van der Waals surface area contributed by atoms with Crippen LogP contribution in [-0.2, 0) is 14.3 Å². The Balaban J connectivity index is 1.11. The first-order valence-corrected chi connectivity index (χ1v) is 15.7. The molecule has 0 spiro atoms. The Labute approximate surface area is 263 Å². The van der Waals surface area contributed by atoms with Gasteiger partial charge in [0.15, 0.2) is 0 Å². The number of fused-ring (bicyclic) bond motifs is 3. The van der Waals surface area contributed by atoms with E-state index in [1.807, 2.05) is 76.2 Å². The molecule has 0 fully saturated rings. The highest BCUT2D eigenvalue weighted by molar-refractivity contribution is 9.10. The zero-order chi connectivity index (χ0) is 30.9. The number of hydrogen-bond acceptors (Lipinski definition) is 5. The standard InChI is InChI=1S/C35H43BrN2O5/c1-34(2,32(39)37-20-9-10-22-41-26-17-15-25(36)16-18-26)24-43-35(3,4)19-21-38-33(40)42-23-31-29-13-7-5-11-27(29)28-12-6-8-14-30(28)31/h5-8,11-18,31H,9-10,19-24H2,1-4H3,(H,37,39)(H,38,40). The number of ether oxygens (including phenoxy) is 3. The van der Waals surface area contributed by atoms with E-state index in [2.05, 4.69) is 50.8 Å². The van der Waals surface area contributed by atoms with Gasteiger partial charge in [-0.05, 0) is 93.5 Å². The minimum atomic E-state index is -0.689. The topological polar surface area (TPSA) is 85.9 Å². The second-order valence-electron chi connectivity index (χ2n) is 12.2. The van der Waals surface area contributed by atoms with Crippen LogP contribution in [0.3, 0.4) is 0 Å². The molecular weight excluding hydrogens is 608 g/mol. The van der Waals surface area contributed by atoms with Crippen molar-refractivity contribution in [1.82, 2.24) is 10.6 Å². The van der Waals surface area contributed by atoms with Gasteiger partial charge in [0.2, 0.25) is 5.91 Å². The summed E-state index contributed by atoms with van der Waals surface area (Å²) < 4.78 is 18.5. The quantitative estimate of drug-likeness (QED) is 0.167. The van der Waals surface area contributed by atoms with Crippen molar-refractivity contribution in [3.8, 4) is 16.9 Å². The Morgan fingerprint density at radius 1 is 0.814 bits per heavy atom. The maximum absolute atomic E-state index is 12.8. The zero-order valence-corrected chi connectivity index (χ0v) is 27.2. The van der Waals surface area contributed by atoms with Crippen molar-refractivity contribution < 1.29 is 23.8 Å². The number of alkyl carbamates (subject to hydrolysis) is 1. The average Bonchev–Trinajstić information content (AvgIpc) is 3.31. The van der Waals surface area contributed by atoms with E-state index in [9.17, 15) is 9.59 Å². The molecule has 0 bridgehead atoms. The molecular formula is C35H43BrN2O5. The summed E-state index contributed by atoms with van der Waals surface area (Å²) in [5.74, 6) is 0.812. The number of carbonyl (C=O) groups is 2. The number of amides is 2. The third-order valence-corrected chi connectivity index (χ3v) is 8.25. The lowest BCUT2D eigenvalue weighted by atomic mass is 9.92. The van der Waals surface area contributed by atoms with Gasteiger partial charge in [-0.15, -0.1) is 0 Å². The maximum atomic E-state index is 12.8. The number of halogens is 1. The summed E-state index contributed by atoms with van der Waals surface area (Å²) in [6.07, 6.45) is 1.80. The van der Waals surface area contributed by atoms with Crippen LogP contribution in [-0.4, -0.2) is 50.5 Å². The van der Waals surface area contributed by atoms with Crippen molar-refractivity contribution in [2.24, 2.45) is 5.41 Å². The van der Waals surface area contributed by atoms with Crippen LogP contribution in [0.15, 0.2) is 77.3 Å². The molecule has 1 aliphatic carbocycles. The summed E-state index contributed by atoms with van der Waals surface area (Å²) in [6.45, 7) is 9.82. The van der Waals surface area contributed by atoms with Gasteiger partial charge in [0.05, 0.1) is 24.2 Å². The first-order chi connectivity index (χ1) is 20.6. The Hall–Kier alpha value is -3.36. The van der Waals surface area contributed by atoms with E-state index in [0.29, 0.717) is 26.1 Å². The highest BCUT2D eigenvalue weighted by atomic mass is 79.9. The van der Waals surface area contributed by atoms with Crippen LogP contribution >= 0.6 is 15.9 Å². The zero-order valence-electron chi connectivity index (χ0n) is 25.6. The van der Waals surface area contributed by atoms with Crippen LogP contribution in [0.1, 0.15) is 64.0 Å². The smallest absolute Gasteiger partial charge is 0.407 e. The van der Waals surface area contributed by atoms with Gasteiger partial charge >= 0.3 is 6.09 Å². The second kappa shape index (κ2) is 14.9. The minimum absolute atomic E-state index is 0.0248. The lowest BCUT2D eigenvalue weighted by Gasteiger charge is -2.31. The largest absolute Gasteiger partial charge is 0.494 e. The van der Waals surface area contributed by atoms with Crippen molar-refractivity contribution in [1.29, 1.82) is 0 Å². The summed E-state index contributed by atoms with van der Waals surface area (Å²) >= 11 is 3.41. The molecule has 4 rings (SSSR count). The molecule has 2 N–H and O–H groups in total. The van der Waals surface area contributed by atoms with Crippen LogP contribution < -0.4 is 15.4 Å². The monoisotopic (exact) mass is 650 g/mol. The summed E-state index contributed by atoms with van der Waals surface area (Å²) in [5.41, 5.74) is 3.55. The highest BCUT2D eigenvalue weighted by Gasteiger charge is 2.32. The molecule has 0 atom stereocenters. The third-order valence-electron chi connectivity index (χ3n) is 7.72. The van der Waals surface area contributed by atoms with E-state index in [-0.39, 0.29) is 25.0 Å². The van der Waals surface area contributed by atoms with Crippen molar-refractivity contribution in [3.63, 3.8) is 0 Å². The van der Waals surface area contributed by atoms with E-state index in [1.165, 1.54) is 22.3 Å². The van der Waals surface area contributed by atoms with E-state index < -0.39 is 17.1 Å². The molecule has 8 heteroatoms. The number of carbonyl (C=O) groups excluding carboxylic acids is 2. The molecule has 0 unspecified atom stereocenters. The van der Waals surface area contributed by atoms with E-state index >= 15 is 0 Å². The fourth-order valence-corrected chi connectivity index (χ4v) is 5.28. The third kappa shape index (κ3) is 9.31. The molecule has 230 valence electrons. The van der Waals surface area contributed by atoms with Crippen molar-refractivity contribution >= 4 is 27.9 Å². The SMILES string of the molecule is CC(C)(CCNC(=O)OCC1c2ccccc2-c2ccccc21)OCC(C)(C)C(=O)NCCCCOc1ccc(Br)cc1. The number of rotatable bonds is 15. The van der Waals surface area contributed by atoms with Crippen LogP contribution in [0.5, 0.6) is 5.75 Å². The van der Waals surface area contributed by atoms with Gasteiger partial charge in [-0.3, -0.25) is 4.79 Å². The van der Waals surface area contributed by atoms with Gasteiger partial charge in [-0.1, -0.05) is 64.5 Å². The van der Waals surface area contributed by atoms with Crippen LogP contribution in [0.2, 0.25) is 0 Å². The molecule has 0 saturated carbocycles. The van der Waals surface area contributed by atoms with Crippen molar-refractivity contribution in [3.05, 3.63) is 88.4 Å². The van der Waals surface area contributed by atoms with Crippen LogP contribution in [0.25, 0.3) is 11.1 Å². The highest BCUT2D eigenvalue weighted by Crippen LogP contribution is 2.44. The van der Waals surface area contributed by atoms with Gasteiger partial charge in [0.25, 0.3) is 0 Å². The summed E-state index contributed by atoms with van der Waals surface area (Å²) in [5, 5.41) is 5.87. The Kier molecular flexibility index (Phi) is 11.3. The molecule has 3 aromatic rings. The van der Waals surface area contributed by atoms with Gasteiger partial charge in [-0.25, -0.2) is 4.79 Å². The molecule has 43 heavy (non-hydrogen) atoms. The first-order valence-electron chi connectivity index (χ1n) is 15.0. The van der Waals surface area contributed by atoms with Crippen molar-refractivity contribution in [2.75, 3.05) is 32.9 Å². The van der Waals surface area contributed by atoms with Gasteiger partial charge in [-0.2, -0.15) is 0 Å². The molecule has 7 nitrogen and oxygen atoms in total. The van der Waals surface area contributed by atoms with E-state index in [4.69, 9.17) is 14.2 Å². The van der Waals surface area contributed by atoms with E-state index in [1.54, 1.807) is 0 Å². The summed E-state index contributed by atoms with van der Waals surface area (Å²) in [4.78, 5) is 25.3. The Morgan fingerprint density at radius 2 is 1.44 bits per heavy atom. The average molecular weight is 652 g/mol. The Bertz CT molecular complexity index is 1330. The molecule has 0 radical (unpaired) electrons. The fraction of sp³-hybridized carbons (Fsp3) is 0.429. The lowest BCUT2D eigenvalue weighted by Crippen LogP contribution is -2.43. The van der Waals surface area contributed by atoms with E-state index in [0.717, 1.165) is 23.1 Å². The normalized spacial score (nSPS) is 12.8. The molecule has 3 aromatic carbocycles. The molecule has 2 amide bonds. The molecule has 0 saturated heterocycles.